The van der Waals surface area contributed by atoms with Crippen LogP contribution in [0, 0.1) is 11.3 Å². The minimum Gasteiger partial charge on any atom is -0.464 e. The van der Waals surface area contributed by atoms with E-state index in [9.17, 15) is 10.1 Å². The molecule has 3 rings (SSSR count). The van der Waals surface area contributed by atoms with Crippen molar-refractivity contribution in [3.8, 4) is 28.7 Å². The fraction of sp³-hybridized carbons (Fsp3) is 0.0556. The van der Waals surface area contributed by atoms with Crippen LogP contribution in [0.1, 0.15) is 12.5 Å². The second kappa shape index (κ2) is 6.79. The van der Waals surface area contributed by atoms with Crippen LogP contribution in [0.4, 0.5) is 11.5 Å². The summed E-state index contributed by atoms with van der Waals surface area (Å²) in [6, 6.07) is 12.9. The zero-order valence-corrected chi connectivity index (χ0v) is 14.8. The van der Waals surface area contributed by atoms with Gasteiger partial charge in [0.15, 0.2) is 5.56 Å². The number of nitrogens with zero attached hydrogens (tertiary/aromatic N) is 1. The fourth-order valence-corrected chi connectivity index (χ4v) is 2.96. The summed E-state index contributed by atoms with van der Waals surface area (Å²) in [5.74, 6) is 0.670. The van der Waals surface area contributed by atoms with Crippen LogP contribution in [0.5, 0.6) is 0 Å². The average molecular weight is 398 g/mol. The van der Waals surface area contributed by atoms with Crippen molar-refractivity contribution in [3.63, 3.8) is 0 Å². The van der Waals surface area contributed by atoms with Gasteiger partial charge in [-0.2, -0.15) is 5.26 Å². The van der Waals surface area contributed by atoms with Crippen molar-refractivity contribution >= 4 is 33.3 Å². The minimum atomic E-state index is -0.150. The zero-order chi connectivity index (χ0) is 18.0. The summed E-state index contributed by atoms with van der Waals surface area (Å²) < 4.78 is 6.15. The number of carbonyl (C=O) groups is 1. The maximum absolute atomic E-state index is 11.2. The quantitative estimate of drug-likeness (QED) is 0.703. The lowest BCUT2D eigenvalue weighted by Gasteiger charge is -2.08. The van der Waals surface area contributed by atoms with Crippen molar-refractivity contribution in [1.82, 2.24) is 0 Å². The number of nitrogen functional groups attached to an aromatic ring is 1. The first-order chi connectivity index (χ1) is 12.0. The van der Waals surface area contributed by atoms with Gasteiger partial charge in [0.2, 0.25) is 5.91 Å². The Morgan fingerprint density at radius 3 is 2.76 bits per heavy atom. The Bertz CT molecular complexity index is 991. The fourth-order valence-electron chi connectivity index (χ4n) is 2.48. The van der Waals surface area contributed by atoms with Crippen molar-refractivity contribution in [2.24, 2.45) is 0 Å². The molecule has 0 unspecified atom stereocenters. The molecule has 7 heteroatoms. The second-order valence-electron chi connectivity index (χ2n) is 5.35. The van der Waals surface area contributed by atoms with E-state index < -0.39 is 0 Å². The van der Waals surface area contributed by atoms with Crippen LogP contribution < -0.4 is 16.0 Å². The van der Waals surface area contributed by atoms with Gasteiger partial charge < -0.3 is 9.73 Å². The molecule has 0 fully saturated rings. The minimum absolute atomic E-state index is 0.150. The van der Waals surface area contributed by atoms with Gasteiger partial charge >= 0.3 is 0 Å². The number of hydrogen-bond acceptors (Lipinski definition) is 4. The number of nitrogens with one attached hydrogen (secondary N) is 2. The number of halogens is 1. The van der Waals surface area contributed by atoms with E-state index in [1.54, 1.807) is 24.5 Å². The molecule has 124 valence electrons. The van der Waals surface area contributed by atoms with Gasteiger partial charge in [0, 0.05) is 22.5 Å². The van der Waals surface area contributed by atoms with E-state index in [-0.39, 0.29) is 11.7 Å². The summed E-state index contributed by atoms with van der Waals surface area (Å²) in [6.07, 6.45) is 1.54. The Labute approximate surface area is 152 Å². The number of benzene rings is 1. The highest BCUT2D eigenvalue weighted by molar-refractivity contribution is 9.10. The van der Waals surface area contributed by atoms with Gasteiger partial charge in [0.1, 0.15) is 17.5 Å². The van der Waals surface area contributed by atoms with E-state index in [0.29, 0.717) is 22.6 Å². The maximum Gasteiger partial charge on any atom is 0.289 e. The monoisotopic (exact) mass is 397 g/mol. The number of anilines is 2. The highest BCUT2D eigenvalue weighted by atomic mass is 79.9. The smallest absolute Gasteiger partial charge is 0.289 e. The number of pyridine rings is 1. The van der Waals surface area contributed by atoms with Gasteiger partial charge in [0.25, 0.3) is 5.82 Å². The molecular formula is C18H14BrN4O2+. The number of hydrogen-bond donors (Lipinski definition) is 2. The summed E-state index contributed by atoms with van der Waals surface area (Å²) >= 11 is 3.45. The SMILES string of the molecule is CC(=O)Nc1ccc(-c2cc(-c3ccco3)c(C#N)c(N)[nH+]2)cc1Br. The van der Waals surface area contributed by atoms with Gasteiger partial charge in [0.05, 0.1) is 12.0 Å². The Morgan fingerprint density at radius 1 is 1.36 bits per heavy atom. The molecule has 0 aliphatic heterocycles. The second-order valence-corrected chi connectivity index (χ2v) is 6.20. The zero-order valence-electron chi connectivity index (χ0n) is 13.3. The summed E-state index contributed by atoms with van der Waals surface area (Å²) in [7, 11) is 0. The number of rotatable bonds is 3. The standard InChI is InChI=1S/C18H13BrN4O2/c1-10(24)22-15-5-4-11(7-14(15)19)16-8-12(17-3-2-6-25-17)13(9-20)18(21)23-16/h2-8H,1H3,(H2,21,23)(H,22,24)/p+1. The van der Waals surface area contributed by atoms with Crippen molar-refractivity contribution < 1.29 is 14.2 Å². The predicted molar refractivity (Wildman–Crippen MR) is 97.3 cm³/mol. The van der Waals surface area contributed by atoms with Gasteiger partial charge in [-0.15, -0.1) is 0 Å². The number of aromatic amines is 1. The predicted octanol–water partition coefficient (Wildman–Crippen LogP) is 3.60. The Balaban J connectivity index is 2.11. The first kappa shape index (κ1) is 16.7. The Hall–Kier alpha value is -3.11. The van der Waals surface area contributed by atoms with E-state index in [4.69, 9.17) is 10.2 Å². The summed E-state index contributed by atoms with van der Waals surface area (Å²) in [6.45, 7) is 1.45. The number of H-pyrrole nitrogens is 1. The van der Waals surface area contributed by atoms with E-state index in [1.165, 1.54) is 6.92 Å². The summed E-state index contributed by atoms with van der Waals surface area (Å²) in [4.78, 5) is 14.3. The van der Waals surface area contributed by atoms with Crippen molar-refractivity contribution in [2.45, 2.75) is 6.92 Å². The van der Waals surface area contributed by atoms with Gasteiger partial charge in [-0.25, -0.2) is 4.98 Å². The van der Waals surface area contributed by atoms with Crippen LogP contribution in [0.15, 0.2) is 51.6 Å². The van der Waals surface area contributed by atoms with Gasteiger partial charge in [-0.3, -0.25) is 10.5 Å². The molecule has 2 aromatic heterocycles. The Kier molecular flexibility index (Phi) is 4.55. The largest absolute Gasteiger partial charge is 0.464 e. The van der Waals surface area contributed by atoms with Crippen LogP contribution in [-0.2, 0) is 4.79 Å². The van der Waals surface area contributed by atoms with E-state index in [2.05, 4.69) is 32.3 Å². The molecule has 1 aromatic carbocycles. The molecule has 0 aliphatic carbocycles. The molecule has 0 bridgehead atoms. The molecule has 0 saturated heterocycles. The first-order valence-corrected chi connectivity index (χ1v) is 8.16. The highest BCUT2D eigenvalue weighted by Gasteiger charge is 2.19. The molecule has 25 heavy (non-hydrogen) atoms. The number of amides is 1. The number of nitrogens with two attached hydrogens (primary N) is 1. The van der Waals surface area contributed by atoms with E-state index in [0.717, 1.165) is 15.7 Å². The number of nitriles is 1. The van der Waals surface area contributed by atoms with Crippen molar-refractivity contribution in [1.29, 1.82) is 5.26 Å². The van der Waals surface area contributed by atoms with Crippen LogP contribution in [0.25, 0.3) is 22.6 Å². The van der Waals surface area contributed by atoms with Crippen molar-refractivity contribution in [2.75, 3.05) is 11.1 Å². The topological polar surface area (TPSA) is 106 Å². The highest BCUT2D eigenvalue weighted by Crippen LogP contribution is 2.32. The molecule has 0 spiro atoms. The molecule has 3 aromatic rings. The molecule has 0 atom stereocenters. The van der Waals surface area contributed by atoms with Gasteiger partial charge in [-0.1, -0.05) is 0 Å². The van der Waals surface area contributed by atoms with Crippen LogP contribution in [-0.4, -0.2) is 5.91 Å². The molecule has 1 amide bonds. The molecular weight excluding hydrogens is 384 g/mol. The summed E-state index contributed by atoms with van der Waals surface area (Å²) in [5, 5.41) is 12.1. The lowest BCUT2D eigenvalue weighted by atomic mass is 10.0. The molecule has 6 nitrogen and oxygen atoms in total. The first-order valence-electron chi connectivity index (χ1n) is 7.37. The number of aromatic nitrogens is 1. The molecule has 4 N–H and O–H groups in total. The van der Waals surface area contributed by atoms with Crippen molar-refractivity contribution in [3.05, 3.63) is 52.7 Å². The van der Waals surface area contributed by atoms with Crippen LogP contribution in [0.2, 0.25) is 0 Å². The van der Waals surface area contributed by atoms with Crippen LogP contribution >= 0.6 is 15.9 Å². The van der Waals surface area contributed by atoms with Crippen LogP contribution in [0.3, 0.4) is 0 Å². The lowest BCUT2D eigenvalue weighted by molar-refractivity contribution is -0.346. The van der Waals surface area contributed by atoms with Gasteiger partial charge in [-0.05, 0) is 52.3 Å². The third-order valence-electron chi connectivity index (χ3n) is 3.59. The average Bonchev–Trinajstić information content (AvgIpc) is 3.10. The molecule has 0 aliphatic rings. The number of furan rings is 1. The summed E-state index contributed by atoms with van der Waals surface area (Å²) in [5.41, 5.74) is 9.19. The lowest BCUT2D eigenvalue weighted by Crippen LogP contribution is -2.16. The molecule has 0 radical (unpaired) electrons. The third kappa shape index (κ3) is 3.39. The molecule has 2 heterocycles. The number of carbonyl (C=O) groups excluding carboxylic acids is 1. The maximum atomic E-state index is 11.2. The van der Waals surface area contributed by atoms with E-state index in [1.807, 2.05) is 18.2 Å². The van der Waals surface area contributed by atoms with E-state index >= 15 is 0 Å². The Morgan fingerprint density at radius 2 is 2.16 bits per heavy atom. The normalized spacial score (nSPS) is 10.3. The molecule has 0 saturated carbocycles. The third-order valence-corrected chi connectivity index (χ3v) is 4.24.